The Bertz CT molecular complexity index is 1410. The van der Waals surface area contributed by atoms with Gasteiger partial charge in [0.05, 0.1) is 18.9 Å². The van der Waals surface area contributed by atoms with E-state index in [9.17, 15) is 18.0 Å². The van der Waals surface area contributed by atoms with Crippen molar-refractivity contribution in [2.45, 2.75) is 76.0 Å². The number of sulfonamides is 1. The molecule has 3 amide bonds. The predicted molar refractivity (Wildman–Crippen MR) is 149 cm³/mol. The number of fused-ring (bicyclic) bond motifs is 3. The first-order valence-electron chi connectivity index (χ1n) is 14.0. The molecule has 2 N–H and O–H groups in total. The van der Waals surface area contributed by atoms with Crippen molar-refractivity contribution >= 4 is 27.6 Å². The Balaban J connectivity index is 1.35. The lowest BCUT2D eigenvalue weighted by molar-refractivity contribution is -0.139. The maximum atomic E-state index is 14.5. The molecule has 3 fully saturated rings. The van der Waals surface area contributed by atoms with E-state index < -0.39 is 27.0 Å². The van der Waals surface area contributed by atoms with E-state index in [1.54, 1.807) is 31.4 Å². The van der Waals surface area contributed by atoms with E-state index in [0.29, 0.717) is 11.3 Å². The Morgan fingerprint density at radius 1 is 1.05 bits per heavy atom. The smallest absolute Gasteiger partial charge is 0.325 e. The molecule has 3 aliphatic carbocycles. The average Bonchev–Trinajstić information content (AvgIpc) is 3.65. The van der Waals surface area contributed by atoms with Crippen LogP contribution in [0.15, 0.2) is 42.5 Å². The number of carbonyl (C=O) groups is 2. The number of urea groups is 1. The van der Waals surface area contributed by atoms with Gasteiger partial charge in [0.2, 0.25) is 10.0 Å². The SMILES string of the molecule is COC1CCC2(CC1)Cc1ccc(CCC3CC3)cc1C21NC(=O)N(Cc2cccc(NS(C)(=O)=O)c2)C1=O. The summed E-state index contributed by atoms with van der Waals surface area (Å²) in [6.07, 6.45) is 10.1. The zero-order chi connectivity index (χ0) is 27.4. The minimum atomic E-state index is -3.45. The van der Waals surface area contributed by atoms with E-state index >= 15 is 0 Å². The molecule has 2 saturated carbocycles. The van der Waals surface area contributed by atoms with Crippen molar-refractivity contribution < 1.29 is 22.7 Å². The summed E-state index contributed by atoms with van der Waals surface area (Å²) in [5.74, 6) is 0.613. The van der Waals surface area contributed by atoms with Gasteiger partial charge >= 0.3 is 6.03 Å². The molecule has 208 valence electrons. The maximum Gasteiger partial charge on any atom is 0.325 e. The predicted octanol–water partition coefficient (Wildman–Crippen LogP) is 4.48. The highest BCUT2D eigenvalue weighted by molar-refractivity contribution is 7.92. The number of anilines is 1. The van der Waals surface area contributed by atoms with Crippen molar-refractivity contribution in [3.8, 4) is 0 Å². The number of hydrogen-bond acceptors (Lipinski definition) is 5. The first-order valence-corrected chi connectivity index (χ1v) is 15.9. The van der Waals surface area contributed by atoms with Crippen LogP contribution in [0.4, 0.5) is 10.5 Å². The summed E-state index contributed by atoms with van der Waals surface area (Å²) < 4.78 is 31.6. The van der Waals surface area contributed by atoms with Crippen molar-refractivity contribution in [3.63, 3.8) is 0 Å². The zero-order valence-corrected chi connectivity index (χ0v) is 23.5. The van der Waals surface area contributed by atoms with Crippen LogP contribution < -0.4 is 10.0 Å². The zero-order valence-electron chi connectivity index (χ0n) is 22.7. The van der Waals surface area contributed by atoms with Gasteiger partial charge in [0.1, 0.15) is 0 Å². The summed E-state index contributed by atoms with van der Waals surface area (Å²) in [6, 6.07) is 13.0. The van der Waals surface area contributed by atoms with Crippen molar-refractivity contribution in [2.24, 2.45) is 11.3 Å². The van der Waals surface area contributed by atoms with Crippen LogP contribution in [0.3, 0.4) is 0 Å². The van der Waals surface area contributed by atoms with Gasteiger partial charge in [0.25, 0.3) is 5.91 Å². The normalized spacial score (nSPS) is 28.3. The largest absolute Gasteiger partial charge is 0.381 e. The molecule has 1 saturated heterocycles. The number of methoxy groups -OCH3 is 1. The van der Waals surface area contributed by atoms with E-state index in [-0.39, 0.29) is 18.6 Å². The molecule has 0 aromatic heterocycles. The molecule has 1 heterocycles. The van der Waals surface area contributed by atoms with E-state index in [2.05, 4.69) is 28.2 Å². The molecular formula is C30H37N3O5S. The van der Waals surface area contributed by atoms with Crippen molar-refractivity contribution in [1.82, 2.24) is 10.2 Å². The summed E-state index contributed by atoms with van der Waals surface area (Å²) in [5, 5.41) is 3.24. The first-order chi connectivity index (χ1) is 18.6. The summed E-state index contributed by atoms with van der Waals surface area (Å²) in [4.78, 5) is 29.4. The Kier molecular flexibility index (Phi) is 6.50. The number of amides is 3. The molecule has 39 heavy (non-hydrogen) atoms. The number of nitrogens with zero attached hydrogens (tertiary/aromatic N) is 1. The van der Waals surface area contributed by atoms with Crippen LogP contribution in [0.25, 0.3) is 0 Å². The fourth-order valence-corrected chi connectivity index (χ4v) is 7.72. The van der Waals surface area contributed by atoms with Crippen LogP contribution in [-0.4, -0.2) is 44.7 Å². The molecule has 1 aliphatic heterocycles. The van der Waals surface area contributed by atoms with Crippen LogP contribution in [0, 0.1) is 11.3 Å². The Morgan fingerprint density at radius 3 is 2.51 bits per heavy atom. The molecule has 2 aromatic carbocycles. The van der Waals surface area contributed by atoms with Gasteiger partial charge in [-0.1, -0.05) is 43.2 Å². The third-order valence-electron chi connectivity index (χ3n) is 9.34. The molecule has 2 spiro atoms. The van der Waals surface area contributed by atoms with Gasteiger partial charge < -0.3 is 10.1 Å². The third kappa shape index (κ3) is 4.73. The highest BCUT2D eigenvalue weighted by Gasteiger charge is 2.68. The molecule has 4 aliphatic rings. The Hall–Kier alpha value is -2.91. The fraction of sp³-hybridized carbons (Fsp3) is 0.533. The fourth-order valence-electron chi connectivity index (χ4n) is 7.17. The Labute approximate surface area is 230 Å². The molecule has 1 unspecified atom stereocenters. The lowest BCUT2D eigenvalue weighted by Gasteiger charge is -2.46. The number of hydrogen-bond donors (Lipinski definition) is 2. The van der Waals surface area contributed by atoms with Gasteiger partial charge in [-0.15, -0.1) is 0 Å². The number of carbonyl (C=O) groups excluding carboxylic acids is 2. The van der Waals surface area contributed by atoms with Crippen LogP contribution in [-0.2, 0) is 44.5 Å². The monoisotopic (exact) mass is 551 g/mol. The Morgan fingerprint density at radius 2 is 1.82 bits per heavy atom. The molecule has 0 bridgehead atoms. The van der Waals surface area contributed by atoms with Crippen LogP contribution in [0.2, 0.25) is 0 Å². The highest BCUT2D eigenvalue weighted by atomic mass is 32.2. The van der Waals surface area contributed by atoms with E-state index in [1.807, 2.05) is 0 Å². The number of rotatable bonds is 8. The summed E-state index contributed by atoms with van der Waals surface area (Å²) >= 11 is 0. The second-order valence-corrected chi connectivity index (χ2v) is 13.8. The van der Waals surface area contributed by atoms with E-state index in [4.69, 9.17) is 4.74 Å². The summed E-state index contributed by atoms with van der Waals surface area (Å²) in [7, 11) is -1.71. The molecule has 8 nitrogen and oxygen atoms in total. The molecule has 9 heteroatoms. The first kappa shape index (κ1) is 26.3. The highest BCUT2D eigenvalue weighted by Crippen LogP contribution is 2.60. The lowest BCUT2D eigenvalue weighted by atomic mass is 9.61. The standard InChI is InChI=1S/C30H37N3O5S/c1-38-25-12-14-29(15-13-25)18-23-11-10-21(9-8-20-6-7-20)17-26(23)30(29)27(34)33(28(35)31-30)19-22-4-3-5-24(16-22)32-39(2,36)37/h3-5,10-11,16-17,20,25,32H,6-9,12-15,18-19H2,1-2H3,(H,31,35). The summed E-state index contributed by atoms with van der Waals surface area (Å²) in [5.41, 5.74) is 2.91. The second kappa shape index (κ2) is 9.63. The molecule has 1 atom stereocenters. The molecular weight excluding hydrogens is 514 g/mol. The maximum absolute atomic E-state index is 14.5. The van der Waals surface area contributed by atoms with Crippen molar-refractivity contribution in [3.05, 3.63) is 64.7 Å². The van der Waals surface area contributed by atoms with Gasteiger partial charge in [-0.2, -0.15) is 0 Å². The number of imide groups is 1. The quantitative estimate of drug-likeness (QED) is 0.471. The lowest BCUT2D eigenvalue weighted by Crippen LogP contribution is -2.56. The van der Waals surface area contributed by atoms with Gasteiger partial charge in [-0.25, -0.2) is 13.2 Å². The minimum absolute atomic E-state index is 0.0686. The molecule has 2 aromatic rings. The number of aryl methyl sites for hydroxylation is 1. The van der Waals surface area contributed by atoms with E-state index in [1.165, 1.54) is 23.3 Å². The molecule has 0 radical (unpaired) electrons. The van der Waals surface area contributed by atoms with Crippen LogP contribution >= 0.6 is 0 Å². The minimum Gasteiger partial charge on any atom is -0.381 e. The summed E-state index contributed by atoms with van der Waals surface area (Å²) in [6.45, 7) is 0.0686. The van der Waals surface area contributed by atoms with Gasteiger partial charge in [-0.3, -0.25) is 14.4 Å². The van der Waals surface area contributed by atoms with Crippen LogP contribution in [0.1, 0.15) is 67.2 Å². The van der Waals surface area contributed by atoms with Gasteiger partial charge in [0, 0.05) is 18.2 Å². The number of benzene rings is 2. The molecule has 6 rings (SSSR count). The van der Waals surface area contributed by atoms with Crippen LogP contribution in [0.5, 0.6) is 0 Å². The second-order valence-electron chi connectivity index (χ2n) is 12.0. The van der Waals surface area contributed by atoms with Crippen molar-refractivity contribution in [1.29, 1.82) is 0 Å². The van der Waals surface area contributed by atoms with Gasteiger partial charge in [-0.05, 0) is 85.3 Å². The van der Waals surface area contributed by atoms with E-state index in [0.717, 1.165) is 68.2 Å². The topological polar surface area (TPSA) is 105 Å². The van der Waals surface area contributed by atoms with Crippen molar-refractivity contribution in [2.75, 3.05) is 18.1 Å². The van der Waals surface area contributed by atoms with Gasteiger partial charge in [0.15, 0.2) is 5.54 Å². The number of nitrogens with one attached hydrogen (secondary N) is 2. The third-order valence-corrected chi connectivity index (χ3v) is 9.95. The average molecular weight is 552 g/mol. The number of ether oxygens (including phenoxy) is 1.